The molecule has 6 nitrogen and oxygen atoms in total. The number of amides is 2. The van der Waals surface area contributed by atoms with Gasteiger partial charge in [0.1, 0.15) is 17.1 Å². The minimum absolute atomic E-state index is 0.0175. The van der Waals surface area contributed by atoms with E-state index in [1.165, 1.54) is 11.0 Å². The first-order valence-corrected chi connectivity index (χ1v) is 11.3. The largest absolute Gasteiger partial charge is 0.463 e. The van der Waals surface area contributed by atoms with Crippen LogP contribution in [0, 0.1) is 11.7 Å². The first-order valence-electron chi connectivity index (χ1n) is 11.3. The molecule has 1 aliphatic carbocycles. The van der Waals surface area contributed by atoms with Gasteiger partial charge in [0.05, 0.1) is 24.9 Å². The van der Waals surface area contributed by atoms with Crippen LogP contribution in [0.1, 0.15) is 55.6 Å². The lowest BCUT2D eigenvalue weighted by molar-refractivity contribution is -0.134. The second-order valence-electron chi connectivity index (χ2n) is 9.47. The summed E-state index contributed by atoms with van der Waals surface area (Å²) < 4.78 is 21.8. The lowest BCUT2D eigenvalue weighted by Crippen LogP contribution is -2.64. The van der Waals surface area contributed by atoms with Gasteiger partial charge in [-0.2, -0.15) is 0 Å². The number of hydrogen-bond acceptors (Lipinski definition) is 3. The van der Waals surface area contributed by atoms with Crippen LogP contribution in [0.25, 0.3) is 11.1 Å². The molecule has 7 heteroatoms. The summed E-state index contributed by atoms with van der Waals surface area (Å²) in [7, 11) is 0. The third-order valence-electron chi connectivity index (χ3n) is 7.18. The minimum atomic E-state index is -1.17. The summed E-state index contributed by atoms with van der Waals surface area (Å²) in [5.74, 6) is -0.220. The van der Waals surface area contributed by atoms with Crippen molar-refractivity contribution in [3.8, 4) is 0 Å². The van der Waals surface area contributed by atoms with Crippen molar-refractivity contribution in [2.75, 3.05) is 0 Å². The molecule has 1 aliphatic heterocycles. The molecule has 1 atom stereocenters. The van der Waals surface area contributed by atoms with Gasteiger partial charge in [0.2, 0.25) is 5.91 Å². The van der Waals surface area contributed by atoms with Crippen molar-refractivity contribution in [2.24, 2.45) is 5.92 Å². The molecule has 3 heterocycles. The van der Waals surface area contributed by atoms with Gasteiger partial charge in [0.15, 0.2) is 5.58 Å². The Morgan fingerprint density at radius 3 is 2.72 bits per heavy atom. The van der Waals surface area contributed by atoms with Gasteiger partial charge in [-0.3, -0.25) is 9.59 Å². The highest BCUT2D eigenvalue weighted by Crippen LogP contribution is 2.34. The highest BCUT2D eigenvalue weighted by molar-refractivity contribution is 6.02. The molecule has 2 amide bonds. The lowest BCUT2D eigenvalue weighted by atomic mass is 9.86. The van der Waals surface area contributed by atoms with E-state index in [1.54, 1.807) is 43.5 Å². The van der Waals surface area contributed by atoms with Gasteiger partial charge < -0.3 is 19.2 Å². The number of nitrogens with zero attached hydrogens (tertiary/aromatic N) is 2. The van der Waals surface area contributed by atoms with Gasteiger partial charge in [-0.15, -0.1) is 0 Å². The molecule has 3 aromatic rings. The van der Waals surface area contributed by atoms with Crippen molar-refractivity contribution >= 4 is 22.9 Å². The van der Waals surface area contributed by atoms with Crippen molar-refractivity contribution in [1.82, 2.24) is 14.8 Å². The second kappa shape index (κ2) is 7.80. The predicted molar refractivity (Wildman–Crippen MR) is 118 cm³/mol. The van der Waals surface area contributed by atoms with Crippen molar-refractivity contribution < 1.29 is 18.4 Å². The van der Waals surface area contributed by atoms with Gasteiger partial charge in [-0.05, 0) is 44.6 Å². The molecule has 0 bridgehead atoms. The van der Waals surface area contributed by atoms with Gasteiger partial charge in [0, 0.05) is 23.7 Å². The summed E-state index contributed by atoms with van der Waals surface area (Å²) in [6.45, 7) is 4.31. The van der Waals surface area contributed by atoms with Gasteiger partial charge in [-0.25, -0.2) is 4.39 Å². The molecule has 5 rings (SSSR count). The zero-order valence-corrected chi connectivity index (χ0v) is 18.4. The van der Waals surface area contributed by atoms with E-state index in [0.29, 0.717) is 22.8 Å². The Kier molecular flexibility index (Phi) is 5.07. The van der Waals surface area contributed by atoms with Crippen molar-refractivity contribution in [2.45, 2.75) is 64.2 Å². The van der Waals surface area contributed by atoms with Crippen LogP contribution in [-0.2, 0) is 17.9 Å². The van der Waals surface area contributed by atoms with Crippen LogP contribution in [0.5, 0.6) is 0 Å². The average Bonchev–Trinajstić information content (AvgIpc) is 3.36. The van der Waals surface area contributed by atoms with Crippen LogP contribution in [0.15, 0.2) is 47.1 Å². The fraction of sp³-hybridized carbons (Fsp3) is 0.440. The van der Waals surface area contributed by atoms with Crippen LogP contribution >= 0.6 is 0 Å². The number of aromatic nitrogens is 1. The number of carbonyl (C=O) groups is 2. The third-order valence-corrected chi connectivity index (χ3v) is 7.18. The number of fused-ring (bicyclic) bond motifs is 3. The molecule has 2 aliphatic rings. The fourth-order valence-electron chi connectivity index (χ4n) is 5.06. The molecule has 1 saturated carbocycles. The Bertz CT molecular complexity index is 1170. The Morgan fingerprint density at radius 1 is 1.22 bits per heavy atom. The summed E-state index contributed by atoms with van der Waals surface area (Å²) >= 11 is 0. The topological polar surface area (TPSA) is 67.5 Å². The SMILES string of the molecule is CC1CCC(NC(=O)[C@@]2(C)Cn3c(cc4occc43)C(=O)N2Cc2ccccc2F)CC1. The molecule has 0 unspecified atom stereocenters. The lowest BCUT2D eigenvalue weighted by Gasteiger charge is -2.45. The van der Waals surface area contributed by atoms with Gasteiger partial charge in [-0.1, -0.05) is 25.1 Å². The molecule has 0 saturated heterocycles. The molecule has 32 heavy (non-hydrogen) atoms. The maximum Gasteiger partial charge on any atom is 0.271 e. The van der Waals surface area contributed by atoms with E-state index >= 15 is 0 Å². The van der Waals surface area contributed by atoms with E-state index in [4.69, 9.17) is 4.42 Å². The Balaban J connectivity index is 1.52. The Morgan fingerprint density at radius 2 is 1.97 bits per heavy atom. The van der Waals surface area contributed by atoms with E-state index in [2.05, 4.69) is 12.2 Å². The smallest absolute Gasteiger partial charge is 0.271 e. The first kappa shape index (κ1) is 20.8. The molecular weight excluding hydrogens is 409 g/mol. The molecule has 2 aromatic heterocycles. The quantitative estimate of drug-likeness (QED) is 0.654. The predicted octanol–water partition coefficient (Wildman–Crippen LogP) is 4.48. The molecule has 1 aromatic carbocycles. The second-order valence-corrected chi connectivity index (χ2v) is 9.47. The monoisotopic (exact) mass is 437 g/mol. The van der Waals surface area contributed by atoms with E-state index in [0.717, 1.165) is 31.2 Å². The maximum absolute atomic E-state index is 14.5. The highest BCUT2D eigenvalue weighted by Gasteiger charge is 2.48. The van der Waals surface area contributed by atoms with Crippen LogP contribution in [0.2, 0.25) is 0 Å². The molecule has 1 fully saturated rings. The van der Waals surface area contributed by atoms with Crippen LogP contribution in [-0.4, -0.2) is 32.9 Å². The minimum Gasteiger partial charge on any atom is -0.463 e. The molecule has 1 N–H and O–H groups in total. The summed E-state index contributed by atoms with van der Waals surface area (Å²) in [6.07, 6.45) is 5.61. The van der Waals surface area contributed by atoms with E-state index in [9.17, 15) is 14.0 Å². The third kappa shape index (κ3) is 3.40. The number of nitrogens with one attached hydrogen (secondary N) is 1. The Hall–Kier alpha value is -3.09. The number of furan rings is 1. The number of halogens is 1. The normalized spacial score (nSPS) is 25.7. The molecule has 168 valence electrons. The summed E-state index contributed by atoms with van der Waals surface area (Å²) in [5, 5.41) is 3.20. The molecule has 0 spiro atoms. The van der Waals surface area contributed by atoms with E-state index < -0.39 is 5.54 Å². The maximum atomic E-state index is 14.5. The summed E-state index contributed by atoms with van der Waals surface area (Å²) in [4.78, 5) is 28.8. The van der Waals surface area contributed by atoms with E-state index in [1.807, 2.05) is 4.57 Å². The highest BCUT2D eigenvalue weighted by atomic mass is 19.1. The zero-order chi connectivity index (χ0) is 22.5. The standard InChI is InChI=1S/C25H28FN3O3/c1-16-7-9-18(10-8-16)27-24(31)25(2)15-28-20-11-12-32-22(20)13-21(28)23(30)29(25)14-17-5-3-4-6-19(17)26/h3-6,11-13,16,18H,7-10,14-15H2,1-2H3,(H,27,31)/t16?,18?,25-/m1/s1. The average molecular weight is 438 g/mol. The Labute approximate surface area is 186 Å². The van der Waals surface area contributed by atoms with Crippen LogP contribution in [0.4, 0.5) is 4.39 Å². The van der Waals surface area contributed by atoms with Gasteiger partial charge in [0.25, 0.3) is 5.91 Å². The number of carbonyl (C=O) groups excluding carboxylic acids is 2. The first-order chi connectivity index (χ1) is 15.4. The number of rotatable bonds is 4. The van der Waals surface area contributed by atoms with Crippen LogP contribution < -0.4 is 5.32 Å². The van der Waals surface area contributed by atoms with Crippen molar-refractivity contribution in [1.29, 1.82) is 0 Å². The van der Waals surface area contributed by atoms with E-state index in [-0.39, 0.29) is 36.8 Å². The van der Waals surface area contributed by atoms with Crippen molar-refractivity contribution in [3.63, 3.8) is 0 Å². The van der Waals surface area contributed by atoms with Gasteiger partial charge >= 0.3 is 0 Å². The number of hydrogen-bond donors (Lipinski definition) is 1. The molecule has 0 radical (unpaired) electrons. The van der Waals surface area contributed by atoms with Crippen molar-refractivity contribution in [3.05, 3.63) is 59.7 Å². The molecular formula is C25H28FN3O3. The van der Waals surface area contributed by atoms with Crippen LogP contribution in [0.3, 0.4) is 0 Å². The summed E-state index contributed by atoms with van der Waals surface area (Å²) in [5.41, 5.74) is 1.05. The zero-order valence-electron chi connectivity index (χ0n) is 18.4. The fourth-order valence-corrected chi connectivity index (χ4v) is 5.06. The number of benzene rings is 1. The summed E-state index contributed by atoms with van der Waals surface area (Å²) in [6, 6.07) is 9.99.